The van der Waals surface area contributed by atoms with Crippen molar-refractivity contribution in [1.29, 1.82) is 0 Å². The van der Waals surface area contributed by atoms with Crippen LogP contribution in [-0.2, 0) is 0 Å². The number of aryl methyl sites for hydroxylation is 1. The third-order valence-corrected chi connectivity index (χ3v) is 3.49. The summed E-state index contributed by atoms with van der Waals surface area (Å²) in [6.07, 6.45) is 0.885. The molecule has 0 atom stereocenters. The molecule has 0 unspecified atom stereocenters. The molecule has 0 spiro atoms. The van der Waals surface area contributed by atoms with Crippen LogP contribution < -0.4 is 4.90 Å². The lowest BCUT2D eigenvalue weighted by atomic mass is 10.1. The third kappa shape index (κ3) is 2.89. The highest BCUT2D eigenvalue weighted by atomic mass is 16.3. The molecular weight excluding hydrogens is 228 g/mol. The number of nitrogens with zero attached hydrogens (tertiary/aromatic N) is 2. The van der Waals surface area contributed by atoms with Gasteiger partial charge in [-0.05, 0) is 30.7 Å². The second-order valence-corrected chi connectivity index (χ2v) is 4.72. The van der Waals surface area contributed by atoms with Crippen molar-refractivity contribution in [2.45, 2.75) is 6.92 Å². The van der Waals surface area contributed by atoms with Gasteiger partial charge in [-0.25, -0.2) is 0 Å². The van der Waals surface area contributed by atoms with Gasteiger partial charge in [0.15, 0.2) is 0 Å². The molecule has 0 amide bonds. The van der Waals surface area contributed by atoms with Crippen LogP contribution in [0.25, 0.3) is 0 Å². The normalized spacial score (nSPS) is 16.9. The molecule has 0 aromatic heterocycles. The van der Waals surface area contributed by atoms with Crippen LogP contribution in [0.1, 0.15) is 15.9 Å². The number of aliphatic hydroxyl groups is 1. The molecule has 1 aromatic rings. The van der Waals surface area contributed by atoms with Crippen LogP contribution in [0.4, 0.5) is 5.69 Å². The minimum atomic E-state index is 0.229. The monoisotopic (exact) mass is 248 g/mol. The Kier molecular flexibility index (Phi) is 4.33. The molecule has 1 aromatic carbocycles. The molecule has 1 fully saturated rings. The van der Waals surface area contributed by atoms with E-state index in [9.17, 15) is 4.79 Å². The summed E-state index contributed by atoms with van der Waals surface area (Å²) in [5, 5.41) is 8.91. The number of rotatable bonds is 4. The topological polar surface area (TPSA) is 43.8 Å². The lowest BCUT2D eigenvalue weighted by Gasteiger charge is -2.36. The summed E-state index contributed by atoms with van der Waals surface area (Å²) in [6, 6.07) is 5.83. The van der Waals surface area contributed by atoms with E-state index in [0.717, 1.165) is 50.1 Å². The first-order valence-electron chi connectivity index (χ1n) is 6.38. The molecule has 1 heterocycles. The van der Waals surface area contributed by atoms with E-state index >= 15 is 0 Å². The first-order valence-corrected chi connectivity index (χ1v) is 6.38. The van der Waals surface area contributed by atoms with Crippen molar-refractivity contribution in [3.05, 3.63) is 29.3 Å². The second kappa shape index (κ2) is 5.98. The van der Waals surface area contributed by atoms with Crippen molar-refractivity contribution < 1.29 is 9.90 Å². The van der Waals surface area contributed by atoms with Gasteiger partial charge in [0, 0.05) is 44.0 Å². The Bertz CT molecular complexity index is 412. The molecule has 18 heavy (non-hydrogen) atoms. The van der Waals surface area contributed by atoms with Crippen molar-refractivity contribution in [2.24, 2.45) is 0 Å². The van der Waals surface area contributed by atoms with Gasteiger partial charge in [0.1, 0.15) is 6.29 Å². The van der Waals surface area contributed by atoms with E-state index in [-0.39, 0.29) is 6.61 Å². The molecule has 4 nitrogen and oxygen atoms in total. The fourth-order valence-corrected chi connectivity index (χ4v) is 2.46. The van der Waals surface area contributed by atoms with Gasteiger partial charge in [-0.1, -0.05) is 0 Å². The Morgan fingerprint density at radius 3 is 2.56 bits per heavy atom. The zero-order valence-corrected chi connectivity index (χ0v) is 10.8. The molecule has 1 aliphatic heterocycles. The summed E-state index contributed by atoms with van der Waals surface area (Å²) in [7, 11) is 0. The summed E-state index contributed by atoms with van der Waals surface area (Å²) >= 11 is 0. The average molecular weight is 248 g/mol. The summed E-state index contributed by atoms with van der Waals surface area (Å²) in [6.45, 7) is 6.94. The van der Waals surface area contributed by atoms with E-state index in [0.29, 0.717) is 0 Å². The number of carbonyl (C=O) groups excluding carboxylic acids is 1. The van der Waals surface area contributed by atoms with Crippen LogP contribution in [0.2, 0.25) is 0 Å². The van der Waals surface area contributed by atoms with Crippen LogP contribution in [-0.4, -0.2) is 55.6 Å². The van der Waals surface area contributed by atoms with Crippen LogP contribution in [0, 0.1) is 6.92 Å². The molecule has 0 saturated carbocycles. The number of anilines is 1. The highest BCUT2D eigenvalue weighted by Gasteiger charge is 2.17. The molecular formula is C14H20N2O2. The number of hydrogen-bond acceptors (Lipinski definition) is 4. The Labute approximate surface area is 108 Å². The molecule has 0 aliphatic carbocycles. The summed E-state index contributed by atoms with van der Waals surface area (Å²) < 4.78 is 0. The van der Waals surface area contributed by atoms with Gasteiger partial charge in [0.2, 0.25) is 0 Å². The van der Waals surface area contributed by atoms with E-state index in [1.807, 2.05) is 25.1 Å². The number of benzene rings is 1. The lowest BCUT2D eigenvalue weighted by Crippen LogP contribution is -2.47. The first-order chi connectivity index (χ1) is 8.74. The molecule has 0 radical (unpaired) electrons. The zero-order valence-electron chi connectivity index (χ0n) is 10.8. The third-order valence-electron chi connectivity index (χ3n) is 3.49. The van der Waals surface area contributed by atoms with E-state index in [1.54, 1.807) is 0 Å². The van der Waals surface area contributed by atoms with Gasteiger partial charge in [0.25, 0.3) is 0 Å². The maximum atomic E-state index is 10.7. The highest BCUT2D eigenvalue weighted by molar-refractivity contribution is 5.77. The quantitative estimate of drug-likeness (QED) is 0.805. The number of β-amino-alcohol motifs (C(OH)–C–C–N with tert-alkyl or cyclic N) is 1. The minimum Gasteiger partial charge on any atom is -0.395 e. The van der Waals surface area contributed by atoms with Crippen LogP contribution in [0.15, 0.2) is 18.2 Å². The van der Waals surface area contributed by atoms with Gasteiger partial charge in [-0.2, -0.15) is 0 Å². The van der Waals surface area contributed by atoms with Crippen LogP contribution in [0.5, 0.6) is 0 Å². The molecule has 1 saturated heterocycles. The Hall–Kier alpha value is -1.39. The maximum Gasteiger partial charge on any atom is 0.150 e. The second-order valence-electron chi connectivity index (χ2n) is 4.72. The van der Waals surface area contributed by atoms with Gasteiger partial charge >= 0.3 is 0 Å². The molecule has 4 heteroatoms. The van der Waals surface area contributed by atoms with Gasteiger partial charge in [0.05, 0.1) is 6.61 Å². The molecule has 0 bridgehead atoms. The average Bonchev–Trinajstić information content (AvgIpc) is 2.40. The predicted octanol–water partition coefficient (Wildman–Crippen LogP) is 0.922. The van der Waals surface area contributed by atoms with Crippen molar-refractivity contribution in [3.8, 4) is 0 Å². The minimum absolute atomic E-state index is 0.229. The van der Waals surface area contributed by atoms with E-state index < -0.39 is 0 Å². The lowest BCUT2D eigenvalue weighted by molar-refractivity contribution is 0.112. The van der Waals surface area contributed by atoms with Gasteiger partial charge in [-0.15, -0.1) is 0 Å². The number of aliphatic hydroxyl groups excluding tert-OH is 1. The summed E-state index contributed by atoms with van der Waals surface area (Å²) in [5.41, 5.74) is 3.09. The van der Waals surface area contributed by atoms with E-state index in [4.69, 9.17) is 5.11 Å². The Balaban J connectivity index is 2.03. The molecule has 98 valence electrons. The largest absolute Gasteiger partial charge is 0.395 e. The SMILES string of the molecule is Cc1cc(C=O)ccc1N1CCN(CCO)CC1. The number of aldehydes is 1. The highest BCUT2D eigenvalue weighted by Crippen LogP contribution is 2.22. The fourth-order valence-electron chi connectivity index (χ4n) is 2.46. The summed E-state index contributed by atoms with van der Waals surface area (Å²) in [4.78, 5) is 15.3. The molecule has 1 aliphatic rings. The number of hydrogen-bond donors (Lipinski definition) is 1. The van der Waals surface area contributed by atoms with Crippen molar-refractivity contribution >= 4 is 12.0 Å². The number of carbonyl (C=O) groups is 1. The zero-order chi connectivity index (χ0) is 13.0. The van der Waals surface area contributed by atoms with Gasteiger partial charge < -0.3 is 10.0 Å². The fraction of sp³-hybridized carbons (Fsp3) is 0.500. The standard InChI is InChI=1S/C14H20N2O2/c1-12-10-13(11-18)2-3-14(12)16-6-4-15(5-7-16)8-9-17/h2-3,10-11,17H,4-9H2,1H3. The van der Waals surface area contributed by atoms with E-state index in [2.05, 4.69) is 9.80 Å². The molecule has 1 N–H and O–H groups in total. The smallest absolute Gasteiger partial charge is 0.150 e. The maximum absolute atomic E-state index is 10.7. The van der Waals surface area contributed by atoms with Crippen LogP contribution in [0.3, 0.4) is 0 Å². The predicted molar refractivity (Wildman–Crippen MR) is 72.3 cm³/mol. The van der Waals surface area contributed by atoms with Crippen molar-refractivity contribution in [3.63, 3.8) is 0 Å². The van der Waals surface area contributed by atoms with Crippen molar-refractivity contribution in [1.82, 2.24) is 4.90 Å². The molecule has 2 rings (SSSR count). The first kappa shape index (κ1) is 13.1. The van der Waals surface area contributed by atoms with E-state index in [1.165, 1.54) is 5.69 Å². The van der Waals surface area contributed by atoms with Crippen molar-refractivity contribution in [2.75, 3.05) is 44.2 Å². The Morgan fingerprint density at radius 1 is 1.28 bits per heavy atom. The van der Waals surface area contributed by atoms with Crippen LogP contribution >= 0.6 is 0 Å². The number of piperazine rings is 1. The van der Waals surface area contributed by atoms with Gasteiger partial charge in [-0.3, -0.25) is 9.69 Å². The Morgan fingerprint density at radius 2 is 2.00 bits per heavy atom. The summed E-state index contributed by atoms with van der Waals surface area (Å²) in [5.74, 6) is 0.